The molecule has 3 rings (SSSR count). The summed E-state index contributed by atoms with van der Waals surface area (Å²) in [7, 11) is -1.67. The molecule has 160 valence electrons. The van der Waals surface area contributed by atoms with Crippen LogP contribution in [0.4, 0.5) is 15.4 Å². The van der Waals surface area contributed by atoms with Crippen molar-refractivity contribution >= 4 is 32.7 Å². The van der Waals surface area contributed by atoms with E-state index in [4.69, 9.17) is 19.9 Å². The standard InChI is InChI=1S/C18H24N6O5Si/c1-17(2,3)29-15(25)23-30-16(26)27-8-11-6-7-18(9-19,28-11)13-5-4-12-14(20)21-10-22-24(12)13/h4-5,10-11H,6-8,30H2,1-3H3,(H,23,25)(H2,20,21,22)/t11-,18-/m0/s1. The molecule has 0 radical (unpaired) electrons. The Morgan fingerprint density at radius 3 is 2.97 bits per heavy atom. The van der Waals surface area contributed by atoms with Crippen molar-refractivity contribution in [2.75, 3.05) is 12.3 Å². The topological polar surface area (TPSA) is 154 Å². The van der Waals surface area contributed by atoms with Gasteiger partial charge in [0, 0.05) is 0 Å². The lowest BCUT2D eigenvalue weighted by molar-refractivity contribution is -0.0332. The molecule has 1 aliphatic rings. The minimum Gasteiger partial charge on any atom is -0.466 e. The van der Waals surface area contributed by atoms with Gasteiger partial charge < -0.3 is 24.9 Å². The molecule has 2 aromatic rings. The predicted octanol–water partition coefficient (Wildman–Crippen LogP) is 0.954. The fourth-order valence-corrected chi connectivity index (χ4v) is 3.75. The SMILES string of the molecule is CC(C)(C)OC(=O)N[SiH2]C(=O)OC[C@@H]1CC[C@](C#N)(c2ccc3c(N)ncnn23)O1. The number of nitrogen functional groups attached to an aromatic ring is 1. The van der Waals surface area contributed by atoms with Gasteiger partial charge in [-0.1, -0.05) is 0 Å². The first kappa shape index (κ1) is 21.5. The van der Waals surface area contributed by atoms with Gasteiger partial charge in [0.1, 0.15) is 30.1 Å². The number of hydrogen-bond donors (Lipinski definition) is 2. The van der Waals surface area contributed by atoms with Gasteiger partial charge in [-0.2, -0.15) is 10.4 Å². The largest absolute Gasteiger partial charge is 0.466 e. The lowest BCUT2D eigenvalue weighted by atomic mass is 9.98. The van der Waals surface area contributed by atoms with Crippen LogP contribution in [0.1, 0.15) is 39.3 Å². The van der Waals surface area contributed by atoms with Crippen LogP contribution in [-0.2, 0) is 19.8 Å². The molecule has 2 aromatic heterocycles. The maximum Gasteiger partial charge on any atom is 0.399 e. The first-order chi connectivity index (χ1) is 14.1. The number of nitrogens with two attached hydrogens (primary N) is 1. The van der Waals surface area contributed by atoms with Crippen molar-refractivity contribution in [1.82, 2.24) is 19.6 Å². The van der Waals surface area contributed by atoms with Crippen LogP contribution in [-0.4, -0.2) is 54.3 Å². The smallest absolute Gasteiger partial charge is 0.399 e. The molecule has 0 unspecified atom stereocenters. The number of nitrogens with one attached hydrogen (secondary N) is 1. The van der Waals surface area contributed by atoms with Crippen LogP contribution in [0.5, 0.6) is 0 Å². The second-order valence-electron chi connectivity index (χ2n) is 7.92. The quantitative estimate of drug-likeness (QED) is 0.657. The van der Waals surface area contributed by atoms with Crippen LogP contribution in [0.25, 0.3) is 5.52 Å². The van der Waals surface area contributed by atoms with Gasteiger partial charge in [-0.15, -0.1) is 0 Å². The Kier molecular flexibility index (Phi) is 5.95. The Balaban J connectivity index is 1.56. The van der Waals surface area contributed by atoms with E-state index in [0.29, 0.717) is 29.9 Å². The maximum absolute atomic E-state index is 12.0. The van der Waals surface area contributed by atoms with E-state index in [2.05, 4.69) is 21.1 Å². The first-order valence-electron chi connectivity index (χ1n) is 9.44. The molecule has 3 heterocycles. The molecule has 1 saturated heterocycles. The summed E-state index contributed by atoms with van der Waals surface area (Å²) in [5.41, 5.74) is 4.63. The number of aromatic nitrogens is 3. The average molecular weight is 433 g/mol. The predicted molar refractivity (Wildman–Crippen MR) is 108 cm³/mol. The number of nitrogens with zero attached hydrogens (tertiary/aromatic N) is 4. The van der Waals surface area contributed by atoms with E-state index in [0.717, 1.165) is 0 Å². The van der Waals surface area contributed by atoms with Crippen LogP contribution in [0.2, 0.25) is 0 Å². The van der Waals surface area contributed by atoms with E-state index in [1.165, 1.54) is 10.8 Å². The molecule has 2 atom stereocenters. The zero-order valence-electron chi connectivity index (χ0n) is 17.0. The van der Waals surface area contributed by atoms with Crippen molar-refractivity contribution in [3.63, 3.8) is 0 Å². The molecule has 12 heteroatoms. The van der Waals surface area contributed by atoms with Crippen LogP contribution < -0.4 is 10.7 Å². The van der Waals surface area contributed by atoms with Crippen molar-refractivity contribution in [2.45, 2.75) is 50.9 Å². The van der Waals surface area contributed by atoms with E-state index < -0.39 is 38.7 Å². The van der Waals surface area contributed by atoms with Gasteiger partial charge >= 0.3 is 6.09 Å². The number of fused-ring (bicyclic) bond motifs is 1. The molecule has 0 spiro atoms. The molecule has 0 bridgehead atoms. The van der Waals surface area contributed by atoms with E-state index in [1.807, 2.05) is 0 Å². The molecule has 1 amide bonds. The average Bonchev–Trinajstić information content (AvgIpc) is 3.29. The summed E-state index contributed by atoms with van der Waals surface area (Å²) < 4.78 is 17.8. The summed E-state index contributed by atoms with van der Waals surface area (Å²) in [6.07, 6.45) is 1.15. The highest BCUT2D eigenvalue weighted by atomic mass is 28.2. The van der Waals surface area contributed by atoms with Gasteiger partial charge in [0.05, 0.1) is 11.8 Å². The number of amides is 1. The second-order valence-corrected chi connectivity index (χ2v) is 9.20. The highest BCUT2D eigenvalue weighted by molar-refractivity contribution is 6.71. The summed E-state index contributed by atoms with van der Waals surface area (Å²) >= 11 is 0. The molecule has 3 N–H and O–H groups in total. The highest BCUT2D eigenvalue weighted by Crippen LogP contribution is 2.39. The van der Waals surface area contributed by atoms with Gasteiger partial charge in [-0.25, -0.2) is 14.3 Å². The van der Waals surface area contributed by atoms with Gasteiger partial charge in [-0.3, -0.25) is 4.79 Å². The van der Waals surface area contributed by atoms with Crippen molar-refractivity contribution in [3.05, 3.63) is 24.2 Å². The molecular formula is C18H24N6O5Si. The third-order valence-electron chi connectivity index (χ3n) is 4.47. The highest BCUT2D eigenvalue weighted by Gasteiger charge is 2.45. The fourth-order valence-electron chi connectivity index (χ4n) is 3.17. The van der Waals surface area contributed by atoms with Gasteiger partial charge in [0.25, 0.3) is 15.3 Å². The Bertz CT molecular complexity index is 997. The normalized spacial score (nSPS) is 21.6. The Hall–Kier alpha value is -3.17. The summed E-state index contributed by atoms with van der Waals surface area (Å²) in [6, 6.07) is 5.68. The summed E-state index contributed by atoms with van der Waals surface area (Å²) in [4.78, 5) is 30.0. The van der Waals surface area contributed by atoms with E-state index in [-0.39, 0.29) is 6.61 Å². The second kappa shape index (κ2) is 8.29. The van der Waals surface area contributed by atoms with Crippen LogP contribution in [0, 0.1) is 11.3 Å². The molecule has 30 heavy (non-hydrogen) atoms. The monoisotopic (exact) mass is 432 g/mol. The minimum atomic E-state index is -1.67. The van der Waals surface area contributed by atoms with Crippen molar-refractivity contribution in [3.8, 4) is 6.07 Å². The minimum absolute atomic E-state index is 0.00824. The first-order valence-corrected chi connectivity index (χ1v) is 10.9. The summed E-state index contributed by atoms with van der Waals surface area (Å²) in [5.74, 6) is 0.301. The van der Waals surface area contributed by atoms with Crippen LogP contribution >= 0.6 is 0 Å². The lowest BCUT2D eigenvalue weighted by Gasteiger charge is -2.22. The number of anilines is 1. The summed E-state index contributed by atoms with van der Waals surface area (Å²) in [6.45, 7) is 5.20. The number of hydrogen-bond acceptors (Lipinski definition) is 9. The Labute approximate surface area is 175 Å². The fraction of sp³-hybridized carbons (Fsp3) is 0.500. The van der Waals surface area contributed by atoms with Crippen molar-refractivity contribution < 1.29 is 23.8 Å². The molecule has 0 aliphatic carbocycles. The molecule has 0 saturated carbocycles. The third-order valence-corrected chi connectivity index (χ3v) is 5.43. The van der Waals surface area contributed by atoms with E-state index >= 15 is 0 Å². The summed E-state index contributed by atoms with van der Waals surface area (Å²) in [5, 5.41) is 14.0. The van der Waals surface area contributed by atoms with Gasteiger partial charge in [0.2, 0.25) is 0 Å². The maximum atomic E-state index is 12.0. The molecule has 1 fully saturated rings. The Morgan fingerprint density at radius 2 is 2.27 bits per heavy atom. The number of rotatable bonds is 5. The van der Waals surface area contributed by atoms with Crippen LogP contribution in [0.3, 0.4) is 0 Å². The molecular weight excluding hydrogens is 408 g/mol. The van der Waals surface area contributed by atoms with Crippen LogP contribution in [0.15, 0.2) is 18.5 Å². The molecule has 0 aromatic carbocycles. The number of carbonyl (C=O) groups is 2. The zero-order chi connectivity index (χ0) is 21.9. The third kappa shape index (κ3) is 4.69. The number of carbonyl (C=O) groups excluding carboxylic acids is 2. The Morgan fingerprint density at radius 1 is 1.50 bits per heavy atom. The molecule has 11 nitrogen and oxygen atoms in total. The lowest BCUT2D eigenvalue weighted by Crippen LogP contribution is -2.38. The zero-order valence-corrected chi connectivity index (χ0v) is 18.5. The van der Waals surface area contributed by atoms with Crippen molar-refractivity contribution in [1.29, 1.82) is 5.26 Å². The van der Waals surface area contributed by atoms with Gasteiger partial charge in [0.15, 0.2) is 11.4 Å². The number of ether oxygens (including phenoxy) is 3. The molecule has 1 aliphatic heterocycles. The van der Waals surface area contributed by atoms with Crippen molar-refractivity contribution in [2.24, 2.45) is 0 Å². The van der Waals surface area contributed by atoms with E-state index in [1.54, 1.807) is 32.9 Å². The number of nitriles is 1. The van der Waals surface area contributed by atoms with E-state index in [9.17, 15) is 14.9 Å². The van der Waals surface area contributed by atoms with Gasteiger partial charge in [-0.05, 0) is 45.7 Å².